The standard InChI is InChI=1S/C12H17NO2S/c1-8(16-2)6-13-11-7-15-12-5-9(14)3-4-10(11)12/h3-5,8,11,13-14H,6-7H2,1-2H3. The number of fused-ring (bicyclic) bond motifs is 1. The highest BCUT2D eigenvalue weighted by molar-refractivity contribution is 7.99. The van der Waals surface area contributed by atoms with E-state index in [9.17, 15) is 5.11 Å². The van der Waals surface area contributed by atoms with Crippen molar-refractivity contribution in [1.29, 1.82) is 0 Å². The number of hydrogen-bond acceptors (Lipinski definition) is 4. The molecule has 0 saturated carbocycles. The molecule has 0 radical (unpaired) electrons. The van der Waals surface area contributed by atoms with Gasteiger partial charge in [0.05, 0.1) is 6.04 Å². The van der Waals surface area contributed by atoms with Gasteiger partial charge in [-0.3, -0.25) is 0 Å². The number of aromatic hydroxyl groups is 1. The van der Waals surface area contributed by atoms with Gasteiger partial charge < -0.3 is 15.2 Å². The molecule has 0 saturated heterocycles. The maximum absolute atomic E-state index is 9.34. The van der Waals surface area contributed by atoms with Gasteiger partial charge in [-0.15, -0.1) is 0 Å². The molecule has 0 amide bonds. The van der Waals surface area contributed by atoms with Crippen LogP contribution in [0.3, 0.4) is 0 Å². The van der Waals surface area contributed by atoms with E-state index in [1.165, 1.54) is 0 Å². The monoisotopic (exact) mass is 239 g/mol. The highest BCUT2D eigenvalue weighted by Crippen LogP contribution is 2.34. The predicted octanol–water partition coefficient (Wildman–Crippen LogP) is 2.17. The van der Waals surface area contributed by atoms with Crippen LogP contribution in [0.15, 0.2) is 18.2 Å². The van der Waals surface area contributed by atoms with Crippen molar-refractivity contribution in [3.05, 3.63) is 23.8 Å². The molecule has 0 spiro atoms. The number of phenols is 1. The Hall–Kier alpha value is -0.870. The summed E-state index contributed by atoms with van der Waals surface area (Å²) >= 11 is 1.85. The fraction of sp³-hybridized carbons (Fsp3) is 0.500. The van der Waals surface area contributed by atoms with Gasteiger partial charge in [0.2, 0.25) is 0 Å². The molecule has 0 bridgehead atoms. The summed E-state index contributed by atoms with van der Waals surface area (Å²) in [7, 11) is 0. The number of nitrogens with one attached hydrogen (secondary N) is 1. The third-order valence-electron chi connectivity index (χ3n) is 2.83. The molecule has 2 N–H and O–H groups in total. The Bertz CT molecular complexity index is 370. The Morgan fingerprint density at radius 3 is 3.19 bits per heavy atom. The van der Waals surface area contributed by atoms with Crippen LogP contribution >= 0.6 is 11.8 Å². The zero-order valence-corrected chi connectivity index (χ0v) is 10.4. The highest BCUT2D eigenvalue weighted by atomic mass is 32.2. The molecule has 1 heterocycles. The van der Waals surface area contributed by atoms with Crippen LogP contribution in [0.25, 0.3) is 0 Å². The summed E-state index contributed by atoms with van der Waals surface area (Å²) in [5.41, 5.74) is 1.14. The van der Waals surface area contributed by atoms with Crippen LogP contribution < -0.4 is 10.1 Å². The lowest BCUT2D eigenvalue weighted by Crippen LogP contribution is -2.28. The molecule has 1 aromatic rings. The van der Waals surface area contributed by atoms with Gasteiger partial charge in [-0.2, -0.15) is 11.8 Å². The fourth-order valence-corrected chi connectivity index (χ4v) is 2.02. The van der Waals surface area contributed by atoms with E-state index < -0.39 is 0 Å². The molecule has 88 valence electrons. The Labute approximate surface area is 100 Å². The molecule has 0 aromatic heterocycles. The van der Waals surface area contributed by atoms with Crippen molar-refractivity contribution < 1.29 is 9.84 Å². The largest absolute Gasteiger partial charge is 0.508 e. The molecular weight excluding hydrogens is 222 g/mol. The van der Waals surface area contributed by atoms with Crippen LogP contribution in [0.4, 0.5) is 0 Å². The molecule has 1 aliphatic rings. The topological polar surface area (TPSA) is 41.5 Å². The first kappa shape index (κ1) is 11.6. The van der Waals surface area contributed by atoms with E-state index in [0.29, 0.717) is 11.9 Å². The van der Waals surface area contributed by atoms with E-state index >= 15 is 0 Å². The number of hydrogen-bond donors (Lipinski definition) is 2. The number of thioether (sulfide) groups is 1. The van der Waals surface area contributed by atoms with Crippen molar-refractivity contribution in [1.82, 2.24) is 5.32 Å². The molecule has 2 atom stereocenters. The summed E-state index contributed by atoms with van der Waals surface area (Å²) in [6.45, 7) is 3.82. The summed E-state index contributed by atoms with van der Waals surface area (Å²) in [6.07, 6.45) is 2.11. The molecule has 3 nitrogen and oxygen atoms in total. The number of phenolic OH excluding ortho intramolecular Hbond substituents is 1. The fourth-order valence-electron chi connectivity index (χ4n) is 1.76. The van der Waals surface area contributed by atoms with E-state index in [-0.39, 0.29) is 11.8 Å². The molecule has 2 rings (SSSR count). The van der Waals surface area contributed by atoms with Crippen molar-refractivity contribution >= 4 is 11.8 Å². The highest BCUT2D eigenvalue weighted by Gasteiger charge is 2.24. The van der Waals surface area contributed by atoms with Gasteiger partial charge in [0.25, 0.3) is 0 Å². The molecule has 2 unspecified atom stereocenters. The SMILES string of the molecule is CSC(C)CNC1COc2cc(O)ccc21. The molecule has 1 aromatic carbocycles. The smallest absolute Gasteiger partial charge is 0.127 e. The minimum absolute atomic E-state index is 0.255. The van der Waals surface area contributed by atoms with Crippen LogP contribution in [0.1, 0.15) is 18.5 Å². The van der Waals surface area contributed by atoms with E-state index in [0.717, 1.165) is 17.9 Å². The maximum atomic E-state index is 9.34. The average Bonchev–Trinajstić information content (AvgIpc) is 2.68. The van der Waals surface area contributed by atoms with E-state index in [1.807, 2.05) is 17.8 Å². The Morgan fingerprint density at radius 1 is 1.62 bits per heavy atom. The van der Waals surface area contributed by atoms with Crippen molar-refractivity contribution in [3.8, 4) is 11.5 Å². The first-order chi connectivity index (χ1) is 7.70. The van der Waals surface area contributed by atoms with Gasteiger partial charge in [-0.1, -0.05) is 6.92 Å². The zero-order valence-electron chi connectivity index (χ0n) is 9.56. The van der Waals surface area contributed by atoms with Crippen molar-refractivity contribution in [2.75, 3.05) is 19.4 Å². The molecule has 4 heteroatoms. The summed E-state index contributed by atoms with van der Waals surface area (Å²) in [6, 6.07) is 5.57. The van der Waals surface area contributed by atoms with Gasteiger partial charge >= 0.3 is 0 Å². The summed E-state index contributed by atoms with van der Waals surface area (Å²) in [4.78, 5) is 0. The van der Waals surface area contributed by atoms with Crippen molar-refractivity contribution in [2.24, 2.45) is 0 Å². The number of benzene rings is 1. The molecule has 0 fully saturated rings. The zero-order chi connectivity index (χ0) is 11.5. The third kappa shape index (κ3) is 2.44. The molecule has 1 aliphatic heterocycles. The van der Waals surface area contributed by atoms with E-state index in [1.54, 1.807) is 12.1 Å². The van der Waals surface area contributed by atoms with Crippen LogP contribution in [-0.2, 0) is 0 Å². The van der Waals surface area contributed by atoms with Crippen LogP contribution in [0.2, 0.25) is 0 Å². The lowest BCUT2D eigenvalue weighted by atomic mass is 10.1. The number of ether oxygens (including phenoxy) is 1. The lowest BCUT2D eigenvalue weighted by Gasteiger charge is -2.14. The van der Waals surface area contributed by atoms with Crippen molar-refractivity contribution in [3.63, 3.8) is 0 Å². The second-order valence-corrected chi connectivity index (χ2v) is 5.32. The summed E-state index contributed by atoms with van der Waals surface area (Å²) in [5.74, 6) is 1.06. The second-order valence-electron chi connectivity index (χ2n) is 4.04. The Kier molecular flexibility index (Phi) is 3.61. The Balaban J connectivity index is 2.01. The van der Waals surface area contributed by atoms with Crippen LogP contribution in [-0.4, -0.2) is 29.8 Å². The molecule has 16 heavy (non-hydrogen) atoms. The average molecular weight is 239 g/mol. The van der Waals surface area contributed by atoms with E-state index in [2.05, 4.69) is 18.5 Å². The normalized spacial score (nSPS) is 20.2. The molecule has 0 aliphatic carbocycles. The Morgan fingerprint density at radius 2 is 2.44 bits per heavy atom. The number of rotatable bonds is 4. The predicted molar refractivity (Wildman–Crippen MR) is 67.3 cm³/mol. The summed E-state index contributed by atoms with van der Waals surface area (Å²) in [5, 5.41) is 13.4. The first-order valence-corrected chi connectivity index (χ1v) is 6.71. The second kappa shape index (κ2) is 4.97. The van der Waals surface area contributed by atoms with Gasteiger partial charge in [0.15, 0.2) is 0 Å². The van der Waals surface area contributed by atoms with Gasteiger partial charge in [0.1, 0.15) is 18.1 Å². The maximum Gasteiger partial charge on any atom is 0.127 e. The third-order valence-corrected chi connectivity index (χ3v) is 3.80. The van der Waals surface area contributed by atoms with E-state index in [4.69, 9.17) is 4.74 Å². The lowest BCUT2D eigenvalue weighted by molar-refractivity contribution is 0.311. The van der Waals surface area contributed by atoms with Gasteiger partial charge in [-0.05, 0) is 18.4 Å². The van der Waals surface area contributed by atoms with Gasteiger partial charge in [0, 0.05) is 23.4 Å². The quantitative estimate of drug-likeness (QED) is 0.845. The molecular formula is C12H17NO2S. The minimum Gasteiger partial charge on any atom is -0.508 e. The summed E-state index contributed by atoms with van der Waals surface area (Å²) < 4.78 is 5.53. The van der Waals surface area contributed by atoms with Crippen LogP contribution in [0.5, 0.6) is 11.5 Å². The van der Waals surface area contributed by atoms with Gasteiger partial charge in [-0.25, -0.2) is 0 Å². The first-order valence-electron chi connectivity index (χ1n) is 5.42. The van der Waals surface area contributed by atoms with Crippen LogP contribution in [0, 0.1) is 0 Å². The minimum atomic E-state index is 0.255. The van der Waals surface area contributed by atoms with Crippen molar-refractivity contribution in [2.45, 2.75) is 18.2 Å².